The highest BCUT2D eigenvalue weighted by molar-refractivity contribution is 7.92. The van der Waals surface area contributed by atoms with Gasteiger partial charge in [0.2, 0.25) is 0 Å². The summed E-state index contributed by atoms with van der Waals surface area (Å²) in [6.45, 7) is 1.83. The maximum atomic E-state index is 13.2. The van der Waals surface area contributed by atoms with E-state index in [0.717, 1.165) is 5.76 Å². The first-order valence-corrected chi connectivity index (χ1v) is 12.1. The Morgan fingerprint density at radius 1 is 1.00 bits per heavy atom. The summed E-state index contributed by atoms with van der Waals surface area (Å²) >= 11 is 0. The van der Waals surface area contributed by atoms with Gasteiger partial charge in [0.25, 0.3) is 10.0 Å². The molecule has 1 N–H and O–H groups in total. The van der Waals surface area contributed by atoms with Crippen LogP contribution >= 0.6 is 0 Å². The highest BCUT2D eigenvalue weighted by atomic mass is 32.2. The Morgan fingerprint density at radius 3 is 2.47 bits per heavy atom. The monoisotopic (exact) mass is 475 g/mol. The summed E-state index contributed by atoms with van der Waals surface area (Å²) < 4.78 is 39.7. The number of carbonyl (C=O) groups excluding carboxylic acids is 1. The van der Waals surface area contributed by atoms with Crippen molar-refractivity contribution in [2.75, 3.05) is 4.72 Å². The van der Waals surface area contributed by atoms with Crippen molar-refractivity contribution in [2.45, 2.75) is 24.3 Å². The minimum Gasteiger partial charge on any atom is -0.460 e. The van der Waals surface area contributed by atoms with E-state index in [0.29, 0.717) is 29.1 Å². The fourth-order valence-electron chi connectivity index (χ4n) is 3.88. The van der Waals surface area contributed by atoms with Crippen molar-refractivity contribution < 1.29 is 22.0 Å². The molecule has 1 atom stereocenters. The van der Waals surface area contributed by atoms with E-state index in [1.54, 1.807) is 60.7 Å². The minimum atomic E-state index is -3.84. The lowest BCUT2D eigenvalue weighted by Gasteiger charge is -2.23. The lowest BCUT2D eigenvalue weighted by molar-refractivity contribution is 0.0679. The number of furan rings is 2. The Balaban J connectivity index is 1.54. The number of aryl methyl sites for hydroxylation is 1. The van der Waals surface area contributed by atoms with Crippen LogP contribution in [0.2, 0.25) is 0 Å². The number of para-hydroxylation sites is 1. The maximum Gasteiger partial charge on any atom is 0.310 e. The zero-order chi connectivity index (χ0) is 23.7. The second kappa shape index (κ2) is 8.68. The predicted molar refractivity (Wildman–Crippen MR) is 126 cm³/mol. The Kier molecular flexibility index (Phi) is 5.54. The molecule has 0 bridgehead atoms. The third-order valence-electron chi connectivity index (χ3n) is 5.49. The molecule has 0 saturated heterocycles. The highest BCUT2D eigenvalue weighted by Crippen LogP contribution is 2.38. The summed E-state index contributed by atoms with van der Waals surface area (Å²) in [6.07, 6.45) is 1.75. The van der Waals surface area contributed by atoms with Gasteiger partial charge < -0.3 is 8.83 Å². The molecule has 1 amide bonds. The standard InChI is InChI=1S/C25H21N3O5S/c1-17-13-14-23(33-17)21-16-22(28(26-21)25(29)24-12-7-15-32-24)19-10-5-6-11-20(19)27-34(30,31)18-8-3-2-4-9-18/h2-15,22,27H,16H2,1H3/t22-/m0/s1. The zero-order valence-corrected chi connectivity index (χ0v) is 19.0. The van der Waals surface area contributed by atoms with Crippen LogP contribution in [0.1, 0.15) is 40.1 Å². The average molecular weight is 476 g/mol. The summed E-state index contributed by atoms with van der Waals surface area (Å²) in [7, 11) is -3.84. The Labute approximate surface area is 196 Å². The van der Waals surface area contributed by atoms with E-state index in [1.807, 2.05) is 13.0 Å². The summed E-state index contributed by atoms with van der Waals surface area (Å²) in [4.78, 5) is 13.4. The molecule has 5 rings (SSSR count). The average Bonchev–Trinajstić information content (AvgIpc) is 3.60. The van der Waals surface area contributed by atoms with E-state index in [9.17, 15) is 13.2 Å². The van der Waals surface area contributed by atoms with Crippen molar-refractivity contribution >= 4 is 27.3 Å². The number of rotatable bonds is 6. The quantitative estimate of drug-likeness (QED) is 0.424. The second-order valence-corrected chi connectivity index (χ2v) is 9.49. The van der Waals surface area contributed by atoms with Crippen LogP contribution in [0.25, 0.3) is 0 Å². The lowest BCUT2D eigenvalue weighted by atomic mass is 9.99. The Hall–Kier alpha value is -4.11. The largest absolute Gasteiger partial charge is 0.460 e. The first kappa shape index (κ1) is 21.7. The van der Waals surface area contributed by atoms with Gasteiger partial charge in [0.1, 0.15) is 17.2 Å². The van der Waals surface area contributed by atoms with Crippen LogP contribution in [-0.2, 0) is 10.0 Å². The predicted octanol–water partition coefficient (Wildman–Crippen LogP) is 4.97. The minimum absolute atomic E-state index is 0.132. The molecule has 0 unspecified atom stereocenters. The number of amides is 1. The van der Waals surface area contributed by atoms with Gasteiger partial charge >= 0.3 is 5.91 Å². The van der Waals surface area contributed by atoms with Crippen LogP contribution in [0.3, 0.4) is 0 Å². The topological polar surface area (TPSA) is 105 Å². The molecule has 9 heteroatoms. The van der Waals surface area contributed by atoms with Crippen LogP contribution in [0.5, 0.6) is 0 Å². The van der Waals surface area contributed by atoms with Crippen molar-refractivity contribution in [1.29, 1.82) is 0 Å². The van der Waals surface area contributed by atoms with Gasteiger partial charge in [-0.3, -0.25) is 9.52 Å². The molecular weight excluding hydrogens is 454 g/mol. The van der Waals surface area contributed by atoms with E-state index >= 15 is 0 Å². The molecule has 34 heavy (non-hydrogen) atoms. The smallest absolute Gasteiger partial charge is 0.310 e. The molecule has 0 fully saturated rings. The number of nitrogens with one attached hydrogen (secondary N) is 1. The van der Waals surface area contributed by atoms with Crippen molar-refractivity contribution in [2.24, 2.45) is 5.10 Å². The fourth-order valence-corrected chi connectivity index (χ4v) is 4.98. The highest BCUT2D eigenvalue weighted by Gasteiger charge is 2.37. The number of hydrogen-bond acceptors (Lipinski definition) is 6. The van der Waals surface area contributed by atoms with Gasteiger partial charge in [0, 0.05) is 12.0 Å². The molecule has 0 aliphatic carbocycles. The van der Waals surface area contributed by atoms with Crippen LogP contribution in [0.4, 0.5) is 5.69 Å². The molecule has 2 aromatic carbocycles. The number of carbonyl (C=O) groups is 1. The molecule has 0 saturated carbocycles. The lowest BCUT2D eigenvalue weighted by Crippen LogP contribution is -2.27. The number of benzene rings is 2. The van der Waals surface area contributed by atoms with Crippen LogP contribution in [0, 0.1) is 6.92 Å². The van der Waals surface area contributed by atoms with Gasteiger partial charge in [-0.2, -0.15) is 5.10 Å². The second-order valence-electron chi connectivity index (χ2n) is 7.81. The van der Waals surface area contributed by atoms with Gasteiger partial charge in [-0.25, -0.2) is 13.4 Å². The van der Waals surface area contributed by atoms with Crippen LogP contribution < -0.4 is 4.72 Å². The molecule has 0 radical (unpaired) electrons. The van der Waals surface area contributed by atoms with Gasteiger partial charge in [-0.15, -0.1) is 0 Å². The zero-order valence-electron chi connectivity index (χ0n) is 18.2. The van der Waals surface area contributed by atoms with E-state index in [4.69, 9.17) is 8.83 Å². The number of nitrogens with zero attached hydrogens (tertiary/aromatic N) is 2. The first-order chi connectivity index (χ1) is 16.4. The van der Waals surface area contributed by atoms with E-state index in [1.165, 1.54) is 23.4 Å². The molecule has 1 aliphatic heterocycles. The summed E-state index contributed by atoms with van der Waals surface area (Å²) in [5, 5.41) is 5.87. The van der Waals surface area contributed by atoms with Crippen molar-refractivity contribution in [3.63, 3.8) is 0 Å². The van der Waals surface area contributed by atoms with Gasteiger partial charge in [-0.05, 0) is 49.4 Å². The van der Waals surface area contributed by atoms with Gasteiger partial charge in [0.05, 0.1) is 22.9 Å². The van der Waals surface area contributed by atoms with Gasteiger partial charge in [0.15, 0.2) is 5.76 Å². The molecular formula is C25H21N3O5S. The van der Waals surface area contributed by atoms with E-state index < -0.39 is 22.0 Å². The van der Waals surface area contributed by atoms with Crippen molar-refractivity contribution in [1.82, 2.24) is 5.01 Å². The van der Waals surface area contributed by atoms with E-state index in [-0.39, 0.29) is 10.7 Å². The Bertz CT molecular complexity index is 1460. The van der Waals surface area contributed by atoms with Crippen LogP contribution in [0.15, 0.2) is 104 Å². The number of anilines is 1. The van der Waals surface area contributed by atoms with E-state index in [2.05, 4.69) is 9.82 Å². The molecule has 0 spiro atoms. The Morgan fingerprint density at radius 2 is 1.76 bits per heavy atom. The van der Waals surface area contributed by atoms with Crippen LogP contribution in [-0.4, -0.2) is 25.0 Å². The SMILES string of the molecule is Cc1ccc(C2=NN(C(=O)c3ccco3)[C@H](c3ccccc3NS(=O)(=O)c3ccccc3)C2)o1. The summed E-state index contributed by atoms with van der Waals surface area (Å²) in [5.74, 6) is 0.975. The molecule has 8 nitrogen and oxygen atoms in total. The maximum absolute atomic E-state index is 13.2. The summed E-state index contributed by atoms with van der Waals surface area (Å²) in [6, 6.07) is 21.3. The normalized spacial score (nSPS) is 15.9. The van der Waals surface area contributed by atoms with Crippen molar-refractivity contribution in [3.8, 4) is 0 Å². The summed E-state index contributed by atoms with van der Waals surface area (Å²) in [5.41, 5.74) is 1.54. The number of hydrogen-bond donors (Lipinski definition) is 1. The molecule has 4 aromatic rings. The number of hydrazone groups is 1. The molecule has 1 aliphatic rings. The fraction of sp³-hybridized carbons (Fsp3) is 0.120. The third kappa shape index (κ3) is 4.13. The molecule has 3 heterocycles. The first-order valence-electron chi connectivity index (χ1n) is 10.6. The van der Waals surface area contributed by atoms with Crippen molar-refractivity contribution in [3.05, 3.63) is 108 Å². The molecule has 2 aromatic heterocycles. The number of sulfonamides is 1. The van der Waals surface area contributed by atoms with Gasteiger partial charge in [-0.1, -0.05) is 36.4 Å². The molecule has 172 valence electrons. The third-order valence-corrected chi connectivity index (χ3v) is 6.87.